The molecule has 0 saturated heterocycles. The van der Waals surface area contributed by atoms with E-state index >= 15 is 0 Å². The van der Waals surface area contributed by atoms with Gasteiger partial charge in [0.15, 0.2) is 0 Å². The predicted molar refractivity (Wildman–Crippen MR) is 130 cm³/mol. The second-order valence-corrected chi connectivity index (χ2v) is 9.29. The number of amides is 1. The van der Waals surface area contributed by atoms with E-state index < -0.39 is 29.3 Å². The van der Waals surface area contributed by atoms with E-state index in [1.807, 2.05) is 44.2 Å². The number of esters is 1. The van der Waals surface area contributed by atoms with Gasteiger partial charge in [-0.1, -0.05) is 43.7 Å². The summed E-state index contributed by atoms with van der Waals surface area (Å²) in [7, 11) is 0. The highest BCUT2D eigenvalue weighted by molar-refractivity contribution is 5.91. The molecule has 1 unspecified atom stereocenters. The maximum atomic E-state index is 13.3. The summed E-state index contributed by atoms with van der Waals surface area (Å²) in [6.07, 6.45) is 0.937. The minimum atomic E-state index is -0.988. The normalized spacial score (nSPS) is 12.3. The van der Waals surface area contributed by atoms with Crippen LogP contribution in [0.1, 0.15) is 50.8 Å². The van der Waals surface area contributed by atoms with Crippen molar-refractivity contribution >= 4 is 23.0 Å². The van der Waals surface area contributed by atoms with Gasteiger partial charge in [-0.2, -0.15) is 0 Å². The van der Waals surface area contributed by atoms with E-state index in [0.717, 1.165) is 23.1 Å². The number of carbonyl (C=O) groups is 2. The van der Waals surface area contributed by atoms with Gasteiger partial charge in [0, 0.05) is 12.5 Å². The van der Waals surface area contributed by atoms with Crippen LogP contribution in [0.4, 0.5) is 4.79 Å². The zero-order chi connectivity index (χ0) is 24.9. The fraction of sp³-hybridized carbons (Fsp3) is 0.370. The van der Waals surface area contributed by atoms with Crippen molar-refractivity contribution in [3.05, 3.63) is 75.6 Å². The SMILES string of the molecule is CCCc1cc(=O)oc2cc(C)cc(OC(=O)C(Cc3ccccc3)NC(=O)OC(C)(C)C)c12. The molecular weight excluding hydrogens is 434 g/mol. The molecule has 1 N–H and O–H groups in total. The number of benzene rings is 2. The van der Waals surface area contributed by atoms with Gasteiger partial charge in [-0.3, -0.25) is 0 Å². The summed E-state index contributed by atoms with van der Waals surface area (Å²) in [5.41, 5.74) is 1.56. The first-order valence-corrected chi connectivity index (χ1v) is 11.4. The molecule has 34 heavy (non-hydrogen) atoms. The highest BCUT2D eigenvalue weighted by Gasteiger charge is 2.27. The number of alkyl carbamates (subject to hydrolysis) is 1. The zero-order valence-electron chi connectivity index (χ0n) is 20.3. The smallest absolute Gasteiger partial charge is 0.408 e. The molecule has 0 aliphatic carbocycles. The van der Waals surface area contributed by atoms with Gasteiger partial charge in [0.2, 0.25) is 0 Å². The van der Waals surface area contributed by atoms with Gasteiger partial charge < -0.3 is 19.2 Å². The summed E-state index contributed by atoms with van der Waals surface area (Å²) < 4.78 is 16.6. The molecule has 0 saturated carbocycles. The Kier molecular flexibility index (Phi) is 7.76. The Morgan fingerprint density at radius 2 is 1.79 bits per heavy atom. The Bertz CT molecular complexity index is 1220. The minimum absolute atomic E-state index is 0.222. The van der Waals surface area contributed by atoms with Crippen molar-refractivity contribution in [1.29, 1.82) is 0 Å². The molecule has 7 heteroatoms. The third kappa shape index (κ3) is 6.70. The van der Waals surface area contributed by atoms with Gasteiger partial charge in [0.25, 0.3) is 0 Å². The van der Waals surface area contributed by atoms with Crippen molar-refractivity contribution in [1.82, 2.24) is 5.32 Å². The summed E-state index contributed by atoms with van der Waals surface area (Å²) in [5.74, 6) is -0.355. The molecule has 1 atom stereocenters. The van der Waals surface area contributed by atoms with Crippen molar-refractivity contribution in [2.45, 2.75) is 65.5 Å². The lowest BCUT2D eigenvalue weighted by molar-refractivity contribution is -0.136. The van der Waals surface area contributed by atoms with Gasteiger partial charge in [-0.05, 0) is 62.9 Å². The standard InChI is InChI=1S/C27H31NO6/c1-6-10-19-16-23(29)32-21-13-17(2)14-22(24(19)21)33-25(30)20(15-18-11-8-7-9-12-18)28-26(31)34-27(3,4)5/h7-9,11-14,16,20H,6,10,15H2,1-5H3,(H,28,31). The van der Waals surface area contributed by atoms with Crippen LogP contribution in [0.2, 0.25) is 0 Å². The average Bonchev–Trinajstić information content (AvgIpc) is 2.72. The first-order chi connectivity index (χ1) is 16.1. The number of hydrogen-bond acceptors (Lipinski definition) is 6. The summed E-state index contributed by atoms with van der Waals surface area (Å²) >= 11 is 0. The molecular formula is C27H31NO6. The molecule has 3 rings (SSSR count). The van der Waals surface area contributed by atoms with Gasteiger partial charge in [-0.15, -0.1) is 0 Å². The van der Waals surface area contributed by atoms with Crippen LogP contribution in [0.15, 0.2) is 57.7 Å². The molecule has 0 aliphatic heterocycles. The lowest BCUT2D eigenvalue weighted by Crippen LogP contribution is -2.46. The molecule has 1 amide bonds. The molecule has 0 radical (unpaired) electrons. The van der Waals surface area contributed by atoms with Crippen molar-refractivity contribution in [2.75, 3.05) is 0 Å². The average molecular weight is 466 g/mol. The number of rotatable bonds is 7. The highest BCUT2D eigenvalue weighted by Crippen LogP contribution is 2.31. The lowest BCUT2D eigenvalue weighted by atomic mass is 10.0. The van der Waals surface area contributed by atoms with Crippen molar-refractivity contribution in [2.24, 2.45) is 0 Å². The van der Waals surface area contributed by atoms with Crippen LogP contribution in [0.5, 0.6) is 5.75 Å². The highest BCUT2D eigenvalue weighted by atomic mass is 16.6. The summed E-state index contributed by atoms with van der Waals surface area (Å²) in [6.45, 7) is 9.07. The minimum Gasteiger partial charge on any atom is -0.444 e. The summed E-state index contributed by atoms with van der Waals surface area (Å²) in [5, 5.41) is 3.22. The fourth-order valence-corrected chi connectivity index (χ4v) is 3.69. The monoisotopic (exact) mass is 465 g/mol. The molecule has 1 aromatic heterocycles. The molecule has 1 heterocycles. The molecule has 0 aliphatic rings. The maximum Gasteiger partial charge on any atom is 0.408 e. The molecule has 0 bridgehead atoms. The van der Waals surface area contributed by atoms with E-state index in [1.165, 1.54) is 6.07 Å². The third-order valence-corrected chi connectivity index (χ3v) is 5.02. The number of ether oxygens (including phenoxy) is 2. The Morgan fingerprint density at radius 3 is 2.44 bits per heavy atom. The zero-order valence-corrected chi connectivity index (χ0v) is 20.3. The van der Waals surface area contributed by atoms with Crippen molar-refractivity contribution in [3.8, 4) is 5.75 Å². The fourth-order valence-electron chi connectivity index (χ4n) is 3.69. The molecule has 180 valence electrons. The van der Waals surface area contributed by atoms with Crippen molar-refractivity contribution < 1.29 is 23.5 Å². The topological polar surface area (TPSA) is 94.8 Å². The van der Waals surface area contributed by atoms with E-state index in [-0.39, 0.29) is 12.2 Å². The third-order valence-electron chi connectivity index (χ3n) is 5.02. The molecule has 2 aromatic carbocycles. The van der Waals surface area contributed by atoms with Crippen LogP contribution in [-0.4, -0.2) is 23.7 Å². The van der Waals surface area contributed by atoms with Crippen LogP contribution in [0.3, 0.4) is 0 Å². The lowest BCUT2D eigenvalue weighted by Gasteiger charge is -2.23. The Balaban J connectivity index is 1.96. The van der Waals surface area contributed by atoms with E-state index in [2.05, 4.69) is 5.32 Å². The largest absolute Gasteiger partial charge is 0.444 e. The van der Waals surface area contributed by atoms with E-state index in [0.29, 0.717) is 17.4 Å². The van der Waals surface area contributed by atoms with E-state index in [4.69, 9.17) is 13.9 Å². The van der Waals surface area contributed by atoms with Gasteiger partial charge in [0.1, 0.15) is 23.0 Å². The molecule has 0 spiro atoms. The van der Waals surface area contributed by atoms with Crippen LogP contribution < -0.4 is 15.7 Å². The van der Waals surface area contributed by atoms with Gasteiger partial charge >= 0.3 is 17.7 Å². The number of fused-ring (bicyclic) bond motifs is 1. The second kappa shape index (κ2) is 10.5. The van der Waals surface area contributed by atoms with E-state index in [1.54, 1.807) is 32.9 Å². The van der Waals surface area contributed by atoms with Crippen molar-refractivity contribution in [3.63, 3.8) is 0 Å². The Labute approximate surface area is 199 Å². The quantitative estimate of drug-likeness (QED) is 0.297. The number of nitrogens with one attached hydrogen (secondary N) is 1. The Morgan fingerprint density at radius 1 is 1.09 bits per heavy atom. The molecule has 0 fully saturated rings. The number of hydrogen-bond donors (Lipinski definition) is 1. The Hall–Kier alpha value is -3.61. The first-order valence-electron chi connectivity index (χ1n) is 11.4. The van der Waals surface area contributed by atoms with Crippen LogP contribution in [0, 0.1) is 6.92 Å². The predicted octanol–water partition coefficient (Wildman–Crippen LogP) is 5.10. The summed E-state index contributed by atoms with van der Waals surface area (Å²) in [4.78, 5) is 37.8. The number of aryl methyl sites for hydroxylation is 2. The van der Waals surface area contributed by atoms with Crippen LogP contribution >= 0.6 is 0 Å². The van der Waals surface area contributed by atoms with Gasteiger partial charge in [0.05, 0.1) is 5.39 Å². The van der Waals surface area contributed by atoms with Crippen LogP contribution in [0.25, 0.3) is 11.0 Å². The van der Waals surface area contributed by atoms with Gasteiger partial charge in [-0.25, -0.2) is 14.4 Å². The van der Waals surface area contributed by atoms with E-state index in [9.17, 15) is 14.4 Å². The van der Waals surface area contributed by atoms with Crippen LogP contribution in [-0.2, 0) is 22.4 Å². The summed E-state index contributed by atoms with van der Waals surface area (Å²) in [6, 6.07) is 13.2. The first kappa shape index (κ1) is 25.0. The second-order valence-electron chi connectivity index (χ2n) is 9.29. The molecule has 7 nitrogen and oxygen atoms in total. The number of carbonyl (C=O) groups excluding carboxylic acids is 2. The molecule has 3 aromatic rings. The maximum absolute atomic E-state index is 13.3.